The number of nitrogens with zero attached hydrogens (tertiary/aromatic N) is 1. The van der Waals surface area contributed by atoms with E-state index in [9.17, 15) is 19.2 Å². The summed E-state index contributed by atoms with van der Waals surface area (Å²) in [6, 6.07) is 14.2. The number of rotatable bonds is 4. The van der Waals surface area contributed by atoms with Crippen molar-refractivity contribution in [2.24, 2.45) is 0 Å². The number of nitrogens with one attached hydrogen (secondary N) is 4. The molecular formula is C17H17N5O6P2V2W. The molecule has 0 bridgehead atoms. The van der Waals surface area contributed by atoms with Crippen LogP contribution in [0.5, 0.6) is 0 Å². The zero-order chi connectivity index (χ0) is 22.8. The Morgan fingerprint density at radius 2 is 1.64 bits per heavy atom. The fraction of sp³-hybridized carbons (Fsp3) is 0.118. The minimum Gasteiger partial charge on any atom is -0.632 e. The topological polar surface area (TPSA) is 179 Å². The van der Waals surface area contributed by atoms with E-state index in [0.717, 1.165) is 30.6 Å². The van der Waals surface area contributed by atoms with Gasteiger partial charge in [0.05, 0.1) is 14.2 Å². The first kappa shape index (κ1) is 38.8. The molecule has 0 saturated heterocycles. The molecule has 172 valence electrons. The third kappa shape index (κ3) is 20.9. The number of amides is 2. The molecule has 0 spiro atoms. The van der Waals surface area contributed by atoms with Gasteiger partial charge in [0, 0.05) is 0 Å². The summed E-state index contributed by atoms with van der Waals surface area (Å²) >= 11 is 0. The molecule has 2 aromatic heterocycles. The Kier molecular flexibility index (Phi) is 29.6. The molecule has 0 fully saturated rings. The van der Waals surface area contributed by atoms with Crippen molar-refractivity contribution in [3.8, 4) is 0 Å². The summed E-state index contributed by atoms with van der Waals surface area (Å²) in [5, 5.41) is 1.12. The molecule has 0 aliphatic rings. The molecule has 0 saturated carbocycles. The van der Waals surface area contributed by atoms with Crippen molar-refractivity contribution in [3.05, 3.63) is 54.2 Å². The molecule has 2 atom stereocenters. The predicted molar refractivity (Wildman–Crippen MR) is 115 cm³/mol. The molecule has 33 heavy (non-hydrogen) atoms. The first-order valence-electron chi connectivity index (χ1n) is 7.63. The van der Waals surface area contributed by atoms with Gasteiger partial charge in [0.1, 0.15) is 0 Å². The average Bonchev–Trinajstić information content (AvgIpc) is 3.39. The van der Waals surface area contributed by atoms with Crippen LogP contribution in [0, 0.1) is 12.3 Å². The quantitative estimate of drug-likeness (QED) is 0.306. The van der Waals surface area contributed by atoms with Crippen LogP contribution in [0.25, 0.3) is 22.4 Å². The zero-order valence-electron chi connectivity index (χ0n) is 17.1. The number of methoxy groups -OCH3 is 2. The summed E-state index contributed by atoms with van der Waals surface area (Å²) in [6.45, 7) is 0. The standard InChI is InChI=1S/C9H6NOP.C4H3N2OP.2C2H5NO2.2V.W/c11-6-12-9-5-7-3-1-2-4-8(7)10-9;7-3-8-4-5-1-2-6-4;2*1-5-2(3)4;;;/h1,3-5,10,12H;1,8H,(H,5,6);2*1H3,(H2,3,4);;;/q2*-2;;;3*+2/p-2. The Bertz CT molecular complexity index is 871. The molecule has 2 unspecified atom stereocenters. The fourth-order valence-electron chi connectivity index (χ4n) is 1.48. The molecular weight excluding hydrogens is 718 g/mol. The summed E-state index contributed by atoms with van der Waals surface area (Å²) in [4.78, 5) is 47.8. The molecule has 4 N–H and O–H groups in total. The first-order chi connectivity index (χ1) is 14.4. The molecule has 0 aliphatic carbocycles. The van der Waals surface area contributed by atoms with E-state index >= 15 is 0 Å². The molecule has 2 amide bonds. The number of ether oxygens (including phenoxy) is 2. The summed E-state index contributed by atoms with van der Waals surface area (Å²) in [6.07, 6.45) is 2.10. The van der Waals surface area contributed by atoms with Crippen molar-refractivity contribution < 1.29 is 86.8 Å². The summed E-state index contributed by atoms with van der Waals surface area (Å²) in [7, 11) is 2.43. The van der Waals surface area contributed by atoms with E-state index in [0.29, 0.717) is 5.57 Å². The van der Waals surface area contributed by atoms with Gasteiger partial charge in [0.25, 0.3) is 0 Å². The molecule has 11 nitrogen and oxygen atoms in total. The summed E-state index contributed by atoms with van der Waals surface area (Å²) < 4.78 is 7.56. The zero-order valence-corrected chi connectivity index (χ0v) is 24.8. The van der Waals surface area contributed by atoms with Gasteiger partial charge in [-0.05, 0) is 5.44 Å². The van der Waals surface area contributed by atoms with Gasteiger partial charge < -0.3 is 45.5 Å². The van der Waals surface area contributed by atoms with Crippen LogP contribution >= 0.6 is 17.2 Å². The van der Waals surface area contributed by atoms with Crippen LogP contribution in [0.2, 0.25) is 0 Å². The van der Waals surface area contributed by atoms with E-state index in [1.807, 2.05) is 30.3 Å². The van der Waals surface area contributed by atoms with E-state index in [1.165, 1.54) is 0 Å². The number of imidazole rings is 1. The Morgan fingerprint density at radius 1 is 1.09 bits per heavy atom. The second-order valence-electron chi connectivity index (χ2n) is 4.51. The molecule has 0 aliphatic heterocycles. The van der Waals surface area contributed by atoms with Gasteiger partial charge in [0.2, 0.25) is 12.2 Å². The summed E-state index contributed by atoms with van der Waals surface area (Å²) in [5.74, 6) is 0. The Morgan fingerprint density at radius 3 is 2.03 bits per heavy atom. The van der Waals surface area contributed by atoms with Gasteiger partial charge in [-0.25, -0.2) is 20.6 Å². The number of aromatic nitrogens is 3. The Balaban J connectivity index is -0.000000178. The van der Waals surface area contributed by atoms with Gasteiger partial charge in [0.15, 0.2) is 0 Å². The number of fused-ring (bicyclic) bond motifs is 1. The van der Waals surface area contributed by atoms with Crippen LogP contribution in [0.1, 0.15) is 0 Å². The van der Waals surface area contributed by atoms with Crippen molar-refractivity contribution >= 4 is 63.3 Å². The van der Waals surface area contributed by atoms with Crippen LogP contribution in [0.3, 0.4) is 0 Å². The largest absolute Gasteiger partial charge is 2.00 e. The van der Waals surface area contributed by atoms with E-state index < -0.39 is 12.2 Å². The predicted octanol–water partition coefficient (Wildman–Crippen LogP) is 2.52. The maximum atomic E-state index is 10.1. The van der Waals surface area contributed by atoms with Crippen LogP contribution in [0.15, 0.2) is 30.5 Å². The van der Waals surface area contributed by atoms with Crippen molar-refractivity contribution in [1.29, 1.82) is 0 Å². The molecule has 3 rings (SSSR count). The minimum atomic E-state index is -0.995. The van der Waals surface area contributed by atoms with E-state index in [2.05, 4.69) is 36.7 Å². The van der Waals surface area contributed by atoms with Gasteiger partial charge in [-0.2, -0.15) is 24.3 Å². The second-order valence-corrected chi connectivity index (χ2v) is 6.43. The SMILES string of the molecule is COC([NH-])=O.COC([NH-])=O.O=[C-]Pc1cc2cc[c-]cc2[nH]1.O=[C-]Pc1n[c-]c[nH]1.[V+2].[V+2].[W+2]. The molecule has 2 radical (unpaired) electrons. The number of hydrogen-bond acceptors (Lipinski definition) is 7. The number of hydrogen-bond donors (Lipinski definition) is 2. The minimum absolute atomic E-state index is 0. The molecule has 1 aromatic carbocycles. The molecule has 3 aromatic rings. The smallest absolute Gasteiger partial charge is 0.632 e. The maximum absolute atomic E-state index is 10.1. The molecule has 16 heteroatoms. The average molecular weight is 735 g/mol. The van der Waals surface area contributed by atoms with Gasteiger partial charge in [-0.1, -0.05) is 23.3 Å². The van der Waals surface area contributed by atoms with E-state index in [-0.39, 0.29) is 75.3 Å². The van der Waals surface area contributed by atoms with Crippen LogP contribution in [-0.2, 0) is 77.2 Å². The van der Waals surface area contributed by atoms with Gasteiger partial charge in [-0.15, -0.1) is 11.6 Å². The van der Waals surface area contributed by atoms with Crippen molar-refractivity contribution in [1.82, 2.24) is 15.0 Å². The number of aromatic amines is 2. The third-order valence-electron chi connectivity index (χ3n) is 2.64. The first-order valence-corrected chi connectivity index (χ1v) is 9.63. The Labute approximate surface area is 232 Å². The van der Waals surface area contributed by atoms with E-state index in [4.69, 9.17) is 11.5 Å². The van der Waals surface area contributed by atoms with Gasteiger partial charge >= 0.3 is 58.2 Å². The van der Waals surface area contributed by atoms with Crippen molar-refractivity contribution in [2.45, 2.75) is 0 Å². The number of benzene rings is 1. The van der Waals surface area contributed by atoms with Crippen molar-refractivity contribution in [2.75, 3.05) is 14.2 Å². The van der Waals surface area contributed by atoms with Crippen LogP contribution < -0.4 is 11.0 Å². The fourth-order valence-corrected chi connectivity index (χ4v) is 2.37. The second kappa shape index (κ2) is 25.2. The van der Waals surface area contributed by atoms with Crippen LogP contribution in [0.4, 0.5) is 9.59 Å². The number of H-pyrrole nitrogens is 2. The number of carbonyl (C=O) groups excluding carboxylic acids is 4. The maximum Gasteiger partial charge on any atom is 2.00 e. The third-order valence-corrected chi connectivity index (χ3v) is 3.88. The van der Waals surface area contributed by atoms with Crippen LogP contribution in [-0.4, -0.2) is 53.4 Å². The Hall–Kier alpha value is -1.43. The number of carbonyl (C=O) groups is 2. The summed E-state index contributed by atoms with van der Waals surface area (Å²) in [5.41, 5.74) is 14.5. The van der Waals surface area contributed by atoms with Crippen molar-refractivity contribution in [3.63, 3.8) is 0 Å². The monoisotopic (exact) mass is 735 g/mol. The van der Waals surface area contributed by atoms with E-state index in [1.54, 1.807) is 12.2 Å². The normalized spacial score (nSPS) is 8.67. The molecule has 2 heterocycles. The van der Waals surface area contributed by atoms with Gasteiger partial charge in [-0.3, -0.25) is 18.2 Å².